The van der Waals surface area contributed by atoms with Gasteiger partial charge in [-0.05, 0) is 60.9 Å². The maximum absolute atomic E-state index is 13.6. The molecule has 0 unspecified atom stereocenters. The fourth-order valence-corrected chi connectivity index (χ4v) is 4.59. The highest BCUT2D eigenvalue weighted by molar-refractivity contribution is 6.30. The lowest BCUT2D eigenvalue weighted by molar-refractivity contribution is -0.121. The van der Waals surface area contributed by atoms with Crippen molar-refractivity contribution in [3.63, 3.8) is 0 Å². The first-order chi connectivity index (χ1) is 15.6. The number of carbonyl (C=O) groups excluding carboxylic acids is 1. The molecular weight excluding hydrogens is 426 g/mol. The average Bonchev–Trinajstić information content (AvgIpc) is 3.48. The van der Waals surface area contributed by atoms with Crippen molar-refractivity contribution >= 4 is 34.4 Å². The van der Waals surface area contributed by atoms with Crippen LogP contribution < -0.4 is 10.1 Å². The number of halogens is 1. The minimum atomic E-state index is -0.590. The standard InChI is InChI=1S/C25H22ClN3O3/c1-31-20-11-6-16(23-29-22-21(32-23)5-4-14-27-22)15-19(20)28-24(30)25(12-2-3-13-25)17-7-9-18(26)10-8-17/h4-11,14-15H,2-3,12-13H2,1H3,(H,28,30). The van der Waals surface area contributed by atoms with Gasteiger partial charge in [-0.3, -0.25) is 4.79 Å². The van der Waals surface area contributed by atoms with Gasteiger partial charge in [0.05, 0.1) is 18.2 Å². The molecule has 2 heterocycles. The van der Waals surface area contributed by atoms with E-state index < -0.39 is 5.41 Å². The van der Waals surface area contributed by atoms with Gasteiger partial charge in [-0.1, -0.05) is 36.6 Å². The Morgan fingerprint density at radius 3 is 2.62 bits per heavy atom. The van der Waals surface area contributed by atoms with E-state index in [0.717, 1.165) is 36.8 Å². The first-order valence-electron chi connectivity index (χ1n) is 10.6. The van der Waals surface area contributed by atoms with Crippen molar-refractivity contribution in [2.45, 2.75) is 31.1 Å². The molecule has 32 heavy (non-hydrogen) atoms. The van der Waals surface area contributed by atoms with Gasteiger partial charge in [0.25, 0.3) is 0 Å². The Hall–Kier alpha value is -3.38. The van der Waals surface area contributed by atoms with Crippen LogP contribution in [0.15, 0.2) is 65.2 Å². The molecule has 0 bridgehead atoms. The summed E-state index contributed by atoms with van der Waals surface area (Å²) in [6.07, 6.45) is 5.26. The molecule has 0 aliphatic heterocycles. The molecule has 1 aliphatic carbocycles. The van der Waals surface area contributed by atoms with E-state index in [1.54, 1.807) is 25.4 Å². The molecule has 1 aliphatic rings. The Balaban J connectivity index is 1.50. The summed E-state index contributed by atoms with van der Waals surface area (Å²) in [6.45, 7) is 0. The normalized spacial score (nSPS) is 15.1. The van der Waals surface area contributed by atoms with E-state index in [9.17, 15) is 4.79 Å². The summed E-state index contributed by atoms with van der Waals surface area (Å²) < 4.78 is 11.4. The largest absolute Gasteiger partial charge is 0.495 e. The van der Waals surface area contributed by atoms with Crippen molar-refractivity contribution in [1.82, 2.24) is 9.97 Å². The highest BCUT2D eigenvalue weighted by Gasteiger charge is 2.43. The summed E-state index contributed by atoms with van der Waals surface area (Å²) in [6, 6.07) is 16.7. The van der Waals surface area contributed by atoms with Crippen LogP contribution >= 0.6 is 11.6 Å². The number of hydrogen-bond donors (Lipinski definition) is 1. The maximum atomic E-state index is 13.6. The third-order valence-corrected chi connectivity index (χ3v) is 6.40. The molecule has 6 nitrogen and oxygen atoms in total. The number of ether oxygens (including phenoxy) is 1. The number of nitrogens with zero attached hydrogens (tertiary/aromatic N) is 2. The molecule has 0 saturated heterocycles. The SMILES string of the molecule is COc1ccc(-c2nc3ncccc3o2)cc1NC(=O)C1(c2ccc(Cl)cc2)CCCC1. The number of rotatable bonds is 5. The van der Waals surface area contributed by atoms with Crippen LogP contribution in [0.3, 0.4) is 0 Å². The van der Waals surface area contributed by atoms with Gasteiger partial charge < -0.3 is 14.5 Å². The lowest BCUT2D eigenvalue weighted by Gasteiger charge is -2.29. The lowest BCUT2D eigenvalue weighted by atomic mass is 9.78. The Morgan fingerprint density at radius 1 is 1.12 bits per heavy atom. The Labute approximate surface area is 190 Å². The Bertz CT molecular complexity index is 1240. The molecule has 0 atom stereocenters. The highest BCUT2D eigenvalue weighted by Crippen LogP contribution is 2.43. The number of amides is 1. The van der Waals surface area contributed by atoms with Crippen molar-refractivity contribution in [2.24, 2.45) is 0 Å². The van der Waals surface area contributed by atoms with E-state index in [4.69, 9.17) is 20.8 Å². The van der Waals surface area contributed by atoms with E-state index in [1.165, 1.54) is 0 Å². The summed E-state index contributed by atoms with van der Waals surface area (Å²) in [7, 11) is 1.58. The van der Waals surface area contributed by atoms with Gasteiger partial charge in [0.15, 0.2) is 11.2 Å². The number of hydrogen-bond acceptors (Lipinski definition) is 5. The molecule has 1 fully saturated rings. The second kappa shape index (κ2) is 8.28. The Kier molecular flexibility index (Phi) is 5.31. The average molecular weight is 448 g/mol. The lowest BCUT2D eigenvalue weighted by Crippen LogP contribution is -2.38. The second-order valence-corrected chi connectivity index (χ2v) is 8.45. The van der Waals surface area contributed by atoms with Crippen molar-refractivity contribution in [2.75, 3.05) is 12.4 Å². The van der Waals surface area contributed by atoms with Gasteiger partial charge in [0.2, 0.25) is 11.8 Å². The summed E-state index contributed by atoms with van der Waals surface area (Å²) in [5.41, 5.74) is 2.84. The third-order valence-electron chi connectivity index (χ3n) is 6.15. The molecule has 2 aromatic heterocycles. The third kappa shape index (κ3) is 3.60. The van der Waals surface area contributed by atoms with Crippen molar-refractivity contribution in [3.05, 3.63) is 71.4 Å². The van der Waals surface area contributed by atoms with Crippen LogP contribution in [0.2, 0.25) is 5.02 Å². The number of fused-ring (bicyclic) bond motifs is 1. The van der Waals surface area contributed by atoms with E-state index in [-0.39, 0.29) is 5.91 Å². The smallest absolute Gasteiger partial charge is 0.235 e. The van der Waals surface area contributed by atoms with Gasteiger partial charge in [0.1, 0.15) is 5.75 Å². The molecule has 0 radical (unpaired) electrons. The molecule has 5 rings (SSSR count). The number of oxazole rings is 1. The Morgan fingerprint density at radius 2 is 1.91 bits per heavy atom. The van der Waals surface area contributed by atoms with Crippen LogP contribution in [0.4, 0.5) is 5.69 Å². The molecule has 162 valence electrons. The minimum Gasteiger partial charge on any atom is -0.495 e. The number of nitrogens with one attached hydrogen (secondary N) is 1. The predicted molar refractivity (Wildman–Crippen MR) is 124 cm³/mol. The maximum Gasteiger partial charge on any atom is 0.235 e. The molecule has 1 N–H and O–H groups in total. The van der Waals surface area contributed by atoms with E-state index >= 15 is 0 Å². The zero-order valence-corrected chi connectivity index (χ0v) is 18.4. The van der Waals surface area contributed by atoms with Gasteiger partial charge in [-0.2, -0.15) is 4.98 Å². The van der Waals surface area contributed by atoms with E-state index in [1.807, 2.05) is 42.5 Å². The number of anilines is 1. The fourth-order valence-electron chi connectivity index (χ4n) is 4.47. The van der Waals surface area contributed by atoms with Gasteiger partial charge >= 0.3 is 0 Å². The van der Waals surface area contributed by atoms with Crippen LogP contribution in [0.25, 0.3) is 22.7 Å². The van der Waals surface area contributed by atoms with Crippen LogP contribution in [0, 0.1) is 0 Å². The molecule has 4 aromatic rings. The molecule has 7 heteroatoms. The number of pyridine rings is 1. The number of benzene rings is 2. The second-order valence-electron chi connectivity index (χ2n) is 8.01. The fraction of sp³-hybridized carbons (Fsp3) is 0.240. The monoisotopic (exact) mass is 447 g/mol. The van der Waals surface area contributed by atoms with Gasteiger partial charge in [0, 0.05) is 16.8 Å². The first kappa shape index (κ1) is 20.5. The molecular formula is C25H22ClN3O3. The van der Waals surface area contributed by atoms with E-state index in [2.05, 4.69) is 15.3 Å². The van der Waals surface area contributed by atoms with Crippen molar-refractivity contribution in [3.8, 4) is 17.2 Å². The van der Waals surface area contributed by atoms with Crippen LogP contribution in [-0.4, -0.2) is 23.0 Å². The summed E-state index contributed by atoms with van der Waals surface area (Å²) in [5.74, 6) is 0.956. The van der Waals surface area contributed by atoms with Crippen molar-refractivity contribution < 1.29 is 13.9 Å². The summed E-state index contributed by atoms with van der Waals surface area (Å²) >= 11 is 6.08. The molecule has 2 aromatic carbocycles. The number of carbonyl (C=O) groups is 1. The van der Waals surface area contributed by atoms with Crippen LogP contribution in [0.5, 0.6) is 5.75 Å². The summed E-state index contributed by atoms with van der Waals surface area (Å²) in [4.78, 5) is 22.3. The molecule has 0 spiro atoms. The first-order valence-corrected chi connectivity index (χ1v) is 10.9. The zero-order chi connectivity index (χ0) is 22.1. The van der Waals surface area contributed by atoms with Crippen molar-refractivity contribution in [1.29, 1.82) is 0 Å². The zero-order valence-electron chi connectivity index (χ0n) is 17.6. The predicted octanol–water partition coefficient (Wildman–Crippen LogP) is 6.00. The highest BCUT2D eigenvalue weighted by atomic mass is 35.5. The number of aromatic nitrogens is 2. The van der Waals surface area contributed by atoms with E-state index in [0.29, 0.717) is 33.6 Å². The van der Waals surface area contributed by atoms with Crippen LogP contribution in [-0.2, 0) is 10.2 Å². The number of methoxy groups -OCH3 is 1. The summed E-state index contributed by atoms with van der Waals surface area (Å²) in [5, 5.41) is 3.78. The molecule has 1 saturated carbocycles. The molecule has 1 amide bonds. The van der Waals surface area contributed by atoms with Gasteiger partial charge in [-0.25, -0.2) is 4.98 Å². The minimum absolute atomic E-state index is 0.0491. The topological polar surface area (TPSA) is 77.2 Å². The van der Waals surface area contributed by atoms with Crippen LogP contribution in [0.1, 0.15) is 31.2 Å². The van der Waals surface area contributed by atoms with Gasteiger partial charge in [-0.15, -0.1) is 0 Å². The quantitative estimate of drug-likeness (QED) is 0.406.